The second kappa shape index (κ2) is 6.25. The summed E-state index contributed by atoms with van der Waals surface area (Å²) in [5, 5.41) is 0. The molecule has 1 aromatic heterocycles. The zero-order valence-corrected chi connectivity index (χ0v) is 10.1. The van der Waals surface area contributed by atoms with Gasteiger partial charge in [-0.25, -0.2) is 0 Å². The summed E-state index contributed by atoms with van der Waals surface area (Å²) in [5.74, 6) is 1.93. The van der Waals surface area contributed by atoms with E-state index in [1.807, 2.05) is 0 Å². The van der Waals surface area contributed by atoms with Gasteiger partial charge < -0.3 is 4.42 Å². The van der Waals surface area contributed by atoms with E-state index in [1.54, 1.807) is 6.07 Å². The van der Waals surface area contributed by atoms with Crippen molar-refractivity contribution >= 4 is 33.8 Å². The molecule has 0 amide bonds. The molecule has 0 N–H and O–H groups in total. The molecular formula is C10H12BrClO2. The lowest BCUT2D eigenvalue weighted by molar-refractivity contribution is 0.109. The summed E-state index contributed by atoms with van der Waals surface area (Å²) in [6, 6.07) is 1.70. The first-order valence-corrected chi connectivity index (χ1v) is 5.90. The molecule has 0 aromatic carbocycles. The largest absolute Gasteiger partial charge is 0.457 e. The fraction of sp³-hybridized carbons (Fsp3) is 0.500. The van der Waals surface area contributed by atoms with Gasteiger partial charge in [-0.15, -0.1) is 11.6 Å². The van der Waals surface area contributed by atoms with Crippen molar-refractivity contribution in [3.8, 4) is 0 Å². The van der Waals surface area contributed by atoms with E-state index in [-0.39, 0.29) is 0 Å². The van der Waals surface area contributed by atoms with Crippen LogP contribution in [0, 0.1) is 0 Å². The molecule has 0 spiro atoms. The number of carbonyl (C=O) groups excluding carboxylic acids is 1. The number of alkyl halides is 1. The number of unbranched alkanes of at least 4 members (excludes halogenated alkanes) is 2. The molecule has 0 aliphatic heterocycles. The molecule has 0 radical (unpaired) electrons. The third-order valence-corrected chi connectivity index (χ3v) is 2.87. The van der Waals surface area contributed by atoms with E-state index in [9.17, 15) is 4.79 Å². The average Bonchev–Trinajstić information content (AvgIpc) is 2.54. The molecule has 0 aliphatic rings. The maximum Gasteiger partial charge on any atom is 0.185 e. The number of furan rings is 1. The normalized spacial score (nSPS) is 10.4. The highest BCUT2D eigenvalue weighted by Crippen LogP contribution is 2.22. The summed E-state index contributed by atoms with van der Waals surface area (Å²) in [4.78, 5) is 10.4. The van der Waals surface area contributed by atoms with Crippen LogP contribution in [-0.4, -0.2) is 12.2 Å². The smallest absolute Gasteiger partial charge is 0.185 e. The van der Waals surface area contributed by atoms with E-state index >= 15 is 0 Å². The van der Waals surface area contributed by atoms with E-state index in [0.29, 0.717) is 17.9 Å². The molecule has 4 heteroatoms. The van der Waals surface area contributed by atoms with Gasteiger partial charge in [0, 0.05) is 18.4 Å². The molecule has 0 saturated carbocycles. The van der Waals surface area contributed by atoms with Crippen LogP contribution in [0.1, 0.15) is 35.6 Å². The van der Waals surface area contributed by atoms with E-state index < -0.39 is 0 Å². The van der Waals surface area contributed by atoms with Gasteiger partial charge in [0.2, 0.25) is 0 Å². The van der Waals surface area contributed by atoms with Gasteiger partial charge in [0.1, 0.15) is 5.76 Å². The summed E-state index contributed by atoms with van der Waals surface area (Å²) < 4.78 is 6.18. The minimum Gasteiger partial charge on any atom is -0.457 e. The Kier molecular flexibility index (Phi) is 5.26. The van der Waals surface area contributed by atoms with Crippen molar-refractivity contribution in [1.82, 2.24) is 0 Å². The quantitative estimate of drug-likeness (QED) is 0.450. The van der Waals surface area contributed by atoms with Crippen molar-refractivity contribution in [2.75, 3.05) is 5.88 Å². The van der Waals surface area contributed by atoms with Crippen LogP contribution in [0.25, 0.3) is 0 Å². The van der Waals surface area contributed by atoms with Crippen LogP contribution in [0.4, 0.5) is 0 Å². The zero-order valence-electron chi connectivity index (χ0n) is 7.76. The molecule has 0 aliphatic carbocycles. The number of rotatable bonds is 6. The Bertz CT molecular complexity index is 296. The van der Waals surface area contributed by atoms with Crippen molar-refractivity contribution < 1.29 is 9.21 Å². The number of hydrogen-bond donors (Lipinski definition) is 0. The monoisotopic (exact) mass is 278 g/mol. The first-order valence-electron chi connectivity index (χ1n) is 4.57. The maximum absolute atomic E-state index is 10.4. The van der Waals surface area contributed by atoms with Crippen molar-refractivity contribution in [3.05, 3.63) is 22.1 Å². The molecule has 0 saturated heterocycles. The third-order valence-electron chi connectivity index (χ3n) is 1.93. The van der Waals surface area contributed by atoms with Crippen LogP contribution >= 0.6 is 27.5 Å². The molecule has 0 bridgehead atoms. The second-order valence-electron chi connectivity index (χ2n) is 3.04. The summed E-state index contributed by atoms with van der Waals surface area (Å²) >= 11 is 8.91. The number of carbonyl (C=O) groups is 1. The Hall–Kier alpha value is -0.280. The minimum atomic E-state index is 0.379. The van der Waals surface area contributed by atoms with Gasteiger partial charge in [-0.1, -0.05) is 6.42 Å². The van der Waals surface area contributed by atoms with Gasteiger partial charge in [-0.2, -0.15) is 0 Å². The van der Waals surface area contributed by atoms with Crippen LogP contribution in [0.2, 0.25) is 0 Å². The first-order chi connectivity index (χ1) is 6.77. The first kappa shape index (κ1) is 11.8. The Morgan fingerprint density at radius 3 is 2.79 bits per heavy atom. The van der Waals surface area contributed by atoms with Crippen LogP contribution in [0.5, 0.6) is 0 Å². The van der Waals surface area contributed by atoms with Gasteiger partial charge in [0.05, 0.1) is 4.47 Å². The molecule has 2 nitrogen and oxygen atoms in total. The number of halogens is 2. The molecule has 1 heterocycles. The van der Waals surface area contributed by atoms with Crippen molar-refractivity contribution in [2.45, 2.75) is 25.7 Å². The molecule has 0 unspecified atom stereocenters. The fourth-order valence-electron chi connectivity index (χ4n) is 1.21. The van der Waals surface area contributed by atoms with Gasteiger partial charge in [-0.3, -0.25) is 4.79 Å². The van der Waals surface area contributed by atoms with E-state index in [2.05, 4.69) is 15.9 Å². The van der Waals surface area contributed by atoms with Crippen molar-refractivity contribution in [2.24, 2.45) is 0 Å². The van der Waals surface area contributed by atoms with Crippen LogP contribution in [0.15, 0.2) is 15.0 Å². The molecule has 1 rings (SSSR count). The Morgan fingerprint density at radius 1 is 1.43 bits per heavy atom. The summed E-state index contributed by atoms with van der Waals surface area (Å²) in [6.07, 6.45) is 4.73. The average molecular weight is 280 g/mol. The SMILES string of the molecule is O=Cc1cc(Br)c(CCCCCCl)o1. The maximum atomic E-state index is 10.4. The van der Waals surface area contributed by atoms with Crippen LogP contribution in [0.3, 0.4) is 0 Å². The third kappa shape index (κ3) is 3.46. The highest BCUT2D eigenvalue weighted by molar-refractivity contribution is 9.10. The summed E-state index contributed by atoms with van der Waals surface area (Å²) in [6.45, 7) is 0. The van der Waals surface area contributed by atoms with Gasteiger partial charge in [-0.05, 0) is 28.8 Å². The van der Waals surface area contributed by atoms with E-state index in [0.717, 1.165) is 35.9 Å². The van der Waals surface area contributed by atoms with Crippen molar-refractivity contribution in [1.29, 1.82) is 0 Å². The molecule has 78 valence electrons. The second-order valence-corrected chi connectivity index (χ2v) is 4.27. The topological polar surface area (TPSA) is 30.2 Å². The lowest BCUT2D eigenvalue weighted by atomic mass is 10.2. The number of hydrogen-bond acceptors (Lipinski definition) is 2. The number of aldehydes is 1. The molecule has 0 atom stereocenters. The predicted molar refractivity (Wildman–Crippen MR) is 60.1 cm³/mol. The molecule has 0 fully saturated rings. The van der Waals surface area contributed by atoms with Gasteiger partial charge >= 0.3 is 0 Å². The molecule has 14 heavy (non-hydrogen) atoms. The lowest BCUT2D eigenvalue weighted by Crippen LogP contribution is -1.84. The fourth-order valence-corrected chi connectivity index (χ4v) is 1.91. The Balaban J connectivity index is 2.41. The lowest BCUT2D eigenvalue weighted by Gasteiger charge is -1.97. The molecule has 1 aromatic rings. The Morgan fingerprint density at radius 2 is 2.21 bits per heavy atom. The zero-order chi connectivity index (χ0) is 10.4. The van der Waals surface area contributed by atoms with E-state index in [1.165, 1.54) is 0 Å². The van der Waals surface area contributed by atoms with E-state index in [4.69, 9.17) is 16.0 Å². The summed E-state index contributed by atoms with van der Waals surface area (Å²) in [5.41, 5.74) is 0. The Labute approximate surface area is 96.7 Å². The van der Waals surface area contributed by atoms with Gasteiger partial charge in [0.25, 0.3) is 0 Å². The van der Waals surface area contributed by atoms with Crippen LogP contribution in [-0.2, 0) is 6.42 Å². The predicted octanol–water partition coefficient (Wildman–Crippen LogP) is 3.81. The summed E-state index contributed by atoms with van der Waals surface area (Å²) in [7, 11) is 0. The van der Waals surface area contributed by atoms with Crippen LogP contribution < -0.4 is 0 Å². The minimum absolute atomic E-state index is 0.379. The van der Waals surface area contributed by atoms with Crippen molar-refractivity contribution in [3.63, 3.8) is 0 Å². The van der Waals surface area contributed by atoms with Gasteiger partial charge in [0.15, 0.2) is 12.0 Å². The number of aryl methyl sites for hydroxylation is 1. The molecular weight excluding hydrogens is 267 g/mol. The highest BCUT2D eigenvalue weighted by Gasteiger charge is 2.07. The standard InChI is InChI=1S/C10H12BrClO2/c11-9-6-8(7-13)14-10(9)4-2-1-3-5-12/h6-7H,1-5H2. The highest BCUT2D eigenvalue weighted by atomic mass is 79.9.